The number of ether oxygens (including phenoxy) is 2. The van der Waals surface area contributed by atoms with Gasteiger partial charge in [0.15, 0.2) is 0 Å². The number of piperidine rings is 2. The van der Waals surface area contributed by atoms with Crippen molar-refractivity contribution in [2.75, 3.05) is 0 Å². The number of carbonyl (C=O) groups is 2. The molecule has 2 fully saturated rings. The molecule has 5 rings (SSSR count). The number of amides is 1. The number of nitrogens with zero attached hydrogens (tertiary/aromatic N) is 2. The smallest absolute Gasteiger partial charge is 0.410 e. The molecule has 0 N–H and O–H groups in total. The molecule has 2 saturated heterocycles. The molecule has 0 spiro atoms. The number of carbonyl (C=O) groups excluding carboxylic acids is 2. The standard InChI is InChI=1S/C25H32N2O4/c1-25(2,3)31-24(29)27-16-8-6-9-17(27)15-18(14-16)30-23(28)22-19-10-4-5-11-20(19)26-13-7-12-21(22)26/h4-5,10-11,16-18H,6-9,12-15H2,1-3H3/t16-,17+,18?. The molecule has 31 heavy (non-hydrogen) atoms. The Morgan fingerprint density at radius 2 is 1.74 bits per heavy atom. The van der Waals surface area contributed by atoms with Crippen LogP contribution in [0.3, 0.4) is 0 Å². The number of hydrogen-bond donors (Lipinski definition) is 0. The Hall–Kier alpha value is -2.50. The molecule has 166 valence electrons. The van der Waals surface area contributed by atoms with E-state index in [1.165, 1.54) is 0 Å². The lowest BCUT2D eigenvalue weighted by Gasteiger charge is -2.48. The largest absolute Gasteiger partial charge is 0.459 e. The third kappa shape index (κ3) is 3.70. The van der Waals surface area contributed by atoms with E-state index in [0.29, 0.717) is 12.8 Å². The van der Waals surface area contributed by atoms with Gasteiger partial charge in [0.25, 0.3) is 0 Å². The Bertz CT molecular complexity index is 1000. The highest BCUT2D eigenvalue weighted by Gasteiger charge is 2.44. The minimum atomic E-state index is -0.508. The number of para-hydroxylation sites is 1. The second kappa shape index (κ2) is 7.57. The lowest BCUT2D eigenvalue weighted by molar-refractivity contribution is -0.0532. The molecule has 3 atom stereocenters. The lowest BCUT2D eigenvalue weighted by atomic mass is 9.83. The van der Waals surface area contributed by atoms with Crippen molar-refractivity contribution in [1.29, 1.82) is 0 Å². The zero-order valence-corrected chi connectivity index (χ0v) is 18.7. The molecule has 0 aliphatic carbocycles. The summed E-state index contributed by atoms with van der Waals surface area (Å²) in [5, 5.41) is 0.994. The molecule has 1 aromatic heterocycles. The Morgan fingerprint density at radius 1 is 1.03 bits per heavy atom. The minimum Gasteiger partial charge on any atom is -0.459 e. The maximum Gasteiger partial charge on any atom is 0.410 e. The van der Waals surface area contributed by atoms with E-state index in [0.717, 1.165) is 60.8 Å². The van der Waals surface area contributed by atoms with Crippen LogP contribution < -0.4 is 0 Å². The predicted octanol–water partition coefficient (Wildman–Crippen LogP) is 5.06. The zero-order valence-electron chi connectivity index (χ0n) is 18.7. The Labute approximate surface area is 183 Å². The van der Waals surface area contributed by atoms with E-state index < -0.39 is 5.60 Å². The number of aryl methyl sites for hydroxylation is 1. The predicted molar refractivity (Wildman–Crippen MR) is 118 cm³/mol. The first-order valence-corrected chi connectivity index (χ1v) is 11.6. The molecule has 3 aliphatic heterocycles. The van der Waals surface area contributed by atoms with Crippen LogP contribution in [0.1, 0.15) is 75.3 Å². The molecule has 1 unspecified atom stereocenters. The number of rotatable bonds is 2. The first-order chi connectivity index (χ1) is 14.8. The molecule has 3 aliphatic rings. The SMILES string of the molecule is CC(C)(C)OC(=O)N1[C@@H]2CCC[C@H]1CC(OC(=O)c1c3n(c4ccccc14)CCC3)C2. The molecular weight excluding hydrogens is 392 g/mol. The maximum atomic E-state index is 13.3. The van der Waals surface area contributed by atoms with Crippen LogP contribution in [0.25, 0.3) is 10.9 Å². The highest BCUT2D eigenvalue weighted by molar-refractivity contribution is 6.06. The van der Waals surface area contributed by atoms with Gasteiger partial charge in [-0.15, -0.1) is 0 Å². The lowest BCUT2D eigenvalue weighted by Crippen LogP contribution is -2.57. The van der Waals surface area contributed by atoms with Gasteiger partial charge < -0.3 is 18.9 Å². The van der Waals surface area contributed by atoms with Gasteiger partial charge in [0.2, 0.25) is 0 Å². The van der Waals surface area contributed by atoms with Crippen molar-refractivity contribution in [3.05, 3.63) is 35.5 Å². The van der Waals surface area contributed by atoms with Crippen LogP contribution in [-0.4, -0.2) is 45.3 Å². The van der Waals surface area contributed by atoms with Crippen molar-refractivity contribution in [3.8, 4) is 0 Å². The van der Waals surface area contributed by atoms with E-state index in [2.05, 4.69) is 10.6 Å². The fourth-order valence-corrected chi connectivity index (χ4v) is 5.75. The Morgan fingerprint density at radius 3 is 2.45 bits per heavy atom. The van der Waals surface area contributed by atoms with Crippen LogP contribution in [0.15, 0.2) is 24.3 Å². The van der Waals surface area contributed by atoms with Crippen molar-refractivity contribution in [2.24, 2.45) is 0 Å². The second-order valence-corrected chi connectivity index (χ2v) is 10.2. The number of fused-ring (bicyclic) bond motifs is 5. The molecule has 6 heteroatoms. The van der Waals surface area contributed by atoms with E-state index >= 15 is 0 Å². The van der Waals surface area contributed by atoms with Crippen molar-refractivity contribution in [3.63, 3.8) is 0 Å². The highest BCUT2D eigenvalue weighted by atomic mass is 16.6. The van der Waals surface area contributed by atoms with E-state index in [4.69, 9.17) is 9.47 Å². The van der Waals surface area contributed by atoms with Crippen LogP contribution in [0.5, 0.6) is 0 Å². The minimum absolute atomic E-state index is 0.0802. The van der Waals surface area contributed by atoms with Gasteiger partial charge in [-0.25, -0.2) is 9.59 Å². The maximum absolute atomic E-state index is 13.3. The highest BCUT2D eigenvalue weighted by Crippen LogP contribution is 2.38. The molecule has 2 aromatic rings. The molecule has 1 amide bonds. The summed E-state index contributed by atoms with van der Waals surface area (Å²) in [6.07, 6.45) is 5.96. The summed E-state index contributed by atoms with van der Waals surface area (Å²) in [5.41, 5.74) is 2.47. The third-order valence-electron chi connectivity index (χ3n) is 6.89. The topological polar surface area (TPSA) is 60.8 Å². The summed E-state index contributed by atoms with van der Waals surface area (Å²) < 4.78 is 14.0. The number of aromatic nitrogens is 1. The molecule has 6 nitrogen and oxygen atoms in total. The molecule has 2 bridgehead atoms. The molecular formula is C25H32N2O4. The molecule has 4 heterocycles. The Kier molecular flexibility index (Phi) is 4.98. The molecule has 1 aromatic carbocycles. The van der Waals surface area contributed by atoms with Crippen molar-refractivity contribution < 1.29 is 19.1 Å². The van der Waals surface area contributed by atoms with Crippen molar-refractivity contribution >= 4 is 23.0 Å². The van der Waals surface area contributed by atoms with Crippen LogP contribution in [0.2, 0.25) is 0 Å². The Balaban J connectivity index is 1.34. The quantitative estimate of drug-likeness (QED) is 0.632. The fraction of sp³-hybridized carbons (Fsp3) is 0.600. The first-order valence-electron chi connectivity index (χ1n) is 11.6. The van der Waals surface area contributed by atoms with Crippen LogP contribution >= 0.6 is 0 Å². The summed E-state index contributed by atoms with van der Waals surface area (Å²) in [4.78, 5) is 28.1. The third-order valence-corrected chi connectivity index (χ3v) is 6.89. The van der Waals surface area contributed by atoms with E-state index in [1.54, 1.807) is 0 Å². The average Bonchev–Trinajstić information content (AvgIpc) is 3.26. The van der Waals surface area contributed by atoms with Crippen molar-refractivity contribution in [1.82, 2.24) is 9.47 Å². The van der Waals surface area contributed by atoms with E-state index in [9.17, 15) is 9.59 Å². The summed E-state index contributed by atoms with van der Waals surface area (Å²) in [5.74, 6) is -0.208. The van der Waals surface area contributed by atoms with Gasteiger partial charge in [-0.2, -0.15) is 0 Å². The van der Waals surface area contributed by atoms with Crippen LogP contribution in [-0.2, 0) is 22.4 Å². The summed E-state index contributed by atoms with van der Waals surface area (Å²) in [6, 6.07) is 8.28. The van der Waals surface area contributed by atoms with Gasteiger partial charge in [0, 0.05) is 48.1 Å². The normalized spacial score (nSPS) is 25.4. The van der Waals surface area contributed by atoms with Crippen LogP contribution in [0, 0.1) is 0 Å². The van der Waals surface area contributed by atoms with Gasteiger partial charge in [-0.1, -0.05) is 18.2 Å². The summed E-state index contributed by atoms with van der Waals surface area (Å²) in [6.45, 7) is 6.66. The fourth-order valence-electron chi connectivity index (χ4n) is 5.75. The molecule has 0 saturated carbocycles. The number of esters is 1. The second-order valence-electron chi connectivity index (χ2n) is 10.2. The van der Waals surface area contributed by atoms with Gasteiger partial charge in [0.05, 0.1) is 5.56 Å². The molecule has 0 radical (unpaired) electrons. The summed E-state index contributed by atoms with van der Waals surface area (Å²) >= 11 is 0. The van der Waals surface area contributed by atoms with Crippen molar-refractivity contribution in [2.45, 2.75) is 96.1 Å². The number of hydrogen-bond acceptors (Lipinski definition) is 4. The van der Waals surface area contributed by atoms with Crippen LogP contribution in [0.4, 0.5) is 4.79 Å². The monoisotopic (exact) mass is 424 g/mol. The van der Waals surface area contributed by atoms with Gasteiger partial charge in [-0.05, 0) is 58.9 Å². The zero-order chi connectivity index (χ0) is 21.8. The van der Waals surface area contributed by atoms with E-state index in [1.807, 2.05) is 43.9 Å². The first kappa shape index (κ1) is 20.4. The average molecular weight is 425 g/mol. The van der Waals surface area contributed by atoms with E-state index in [-0.39, 0.29) is 30.3 Å². The summed E-state index contributed by atoms with van der Waals surface area (Å²) in [7, 11) is 0. The number of benzene rings is 1. The van der Waals surface area contributed by atoms with Gasteiger partial charge in [-0.3, -0.25) is 0 Å². The van der Waals surface area contributed by atoms with Gasteiger partial charge >= 0.3 is 12.1 Å². The van der Waals surface area contributed by atoms with Gasteiger partial charge in [0.1, 0.15) is 11.7 Å².